The van der Waals surface area contributed by atoms with Crippen molar-refractivity contribution in [3.05, 3.63) is 0 Å². The molecule has 3 aliphatic rings. The van der Waals surface area contributed by atoms with Crippen LogP contribution in [-0.4, -0.2) is 192 Å². The van der Waals surface area contributed by atoms with Crippen LogP contribution < -0.4 is 0 Å². The lowest BCUT2D eigenvalue weighted by molar-refractivity contribution is -0.387. The molecule has 0 aromatic heterocycles. The normalized spacial score (nSPS) is 45.2. The third-order valence-corrected chi connectivity index (χ3v) is 7.62. The first kappa shape index (κ1) is 35.8. The van der Waals surface area contributed by atoms with E-state index in [1.165, 1.54) is 0 Å². The molecule has 0 radical (unpaired) electrons. The number of aliphatic carboxylic acids is 1. The van der Waals surface area contributed by atoms with Gasteiger partial charge >= 0.3 is 5.97 Å². The Hall–Kier alpha value is -1.70. The van der Waals surface area contributed by atoms with Crippen molar-refractivity contribution in [2.45, 2.75) is 98.0 Å². The van der Waals surface area contributed by atoms with E-state index in [1.54, 1.807) is 0 Å². The van der Waals surface area contributed by atoms with Crippen LogP contribution in [0.2, 0.25) is 0 Å². The monoisotopic (exact) mass is 633 g/mol. The fourth-order valence-corrected chi connectivity index (χ4v) is 5.19. The zero-order valence-corrected chi connectivity index (χ0v) is 22.5. The molecule has 43 heavy (non-hydrogen) atoms. The molecule has 16 unspecified atom stereocenters. The van der Waals surface area contributed by atoms with Crippen LogP contribution in [-0.2, 0) is 33.2 Å². The van der Waals surface area contributed by atoms with Gasteiger partial charge in [0.15, 0.2) is 19.0 Å². The third kappa shape index (κ3) is 7.41. The third-order valence-electron chi connectivity index (χ3n) is 7.62. The second-order valence-corrected chi connectivity index (χ2v) is 10.4. The molecule has 0 amide bonds. The number of carboxylic acid groups (broad SMARTS) is 1. The van der Waals surface area contributed by atoms with Gasteiger partial charge in [-0.25, -0.2) is 4.79 Å². The summed E-state index contributed by atoms with van der Waals surface area (Å²) in [6.07, 6.45) is -26.8. The van der Waals surface area contributed by atoms with Crippen molar-refractivity contribution in [3.63, 3.8) is 0 Å². The lowest BCUT2D eigenvalue weighted by Gasteiger charge is -2.50. The number of hydrogen-bond acceptors (Lipinski definition) is 19. The average Bonchev–Trinajstić information content (AvgIpc) is 2.98. The number of hydrogen-bond donors (Lipinski definition) is 13. The number of aliphatic hydroxyl groups is 11. The fourth-order valence-electron chi connectivity index (χ4n) is 5.19. The minimum Gasteiger partial charge on any atom is -0.483 e. The van der Waals surface area contributed by atoms with Crippen molar-refractivity contribution in [1.82, 2.24) is 0 Å². The molecule has 0 bridgehead atoms. The van der Waals surface area contributed by atoms with Crippen molar-refractivity contribution in [1.29, 1.82) is 5.41 Å². The molecular formula is C23H39NO19. The van der Waals surface area contributed by atoms with Crippen LogP contribution in [0.25, 0.3) is 0 Å². The van der Waals surface area contributed by atoms with Crippen LogP contribution >= 0.6 is 0 Å². The Morgan fingerprint density at radius 1 is 0.930 bits per heavy atom. The van der Waals surface area contributed by atoms with Crippen molar-refractivity contribution in [2.24, 2.45) is 5.92 Å². The number of nitrogens with one attached hydrogen (secondary N) is 1. The summed E-state index contributed by atoms with van der Waals surface area (Å²) in [6, 6.07) is 0. The highest BCUT2D eigenvalue weighted by atomic mass is 16.8. The molecule has 3 rings (SSSR count). The molecule has 250 valence electrons. The van der Waals surface area contributed by atoms with E-state index in [0.717, 1.165) is 0 Å². The highest BCUT2D eigenvalue weighted by Crippen LogP contribution is 2.40. The largest absolute Gasteiger partial charge is 0.483 e. The van der Waals surface area contributed by atoms with E-state index in [9.17, 15) is 66.1 Å². The van der Waals surface area contributed by atoms with E-state index in [0.29, 0.717) is 6.40 Å². The van der Waals surface area contributed by atoms with Crippen molar-refractivity contribution >= 4 is 12.4 Å². The van der Waals surface area contributed by atoms with Crippen LogP contribution in [0.3, 0.4) is 0 Å². The number of rotatable bonds is 13. The van der Waals surface area contributed by atoms with E-state index in [2.05, 4.69) is 0 Å². The van der Waals surface area contributed by atoms with Crippen LogP contribution in [0.5, 0.6) is 0 Å². The molecule has 3 saturated heterocycles. The maximum atomic E-state index is 12.6. The van der Waals surface area contributed by atoms with Gasteiger partial charge in [-0.3, -0.25) is 5.41 Å². The van der Waals surface area contributed by atoms with Gasteiger partial charge in [0.05, 0.1) is 38.6 Å². The molecule has 0 aromatic carbocycles. The summed E-state index contributed by atoms with van der Waals surface area (Å²) in [5, 5.41) is 129. The molecule has 3 fully saturated rings. The Bertz CT molecular complexity index is 914. The summed E-state index contributed by atoms with van der Waals surface area (Å²) < 4.78 is 31.8. The van der Waals surface area contributed by atoms with E-state index in [4.69, 9.17) is 33.8 Å². The molecule has 13 N–H and O–H groups in total. The zero-order chi connectivity index (χ0) is 32.2. The molecular weight excluding hydrogens is 594 g/mol. The van der Waals surface area contributed by atoms with Gasteiger partial charge in [0.25, 0.3) is 5.79 Å². The predicted molar refractivity (Wildman–Crippen MR) is 131 cm³/mol. The van der Waals surface area contributed by atoms with Gasteiger partial charge in [-0.1, -0.05) is 0 Å². The zero-order valence-electron chi connectivity index (χ0n) is 22.5. The summed E-state index contributed by atoms with van der Waals surface area (Å²) in [5.74, 6) is -6.20. The van der Waals surface area contributed by atoms with E-state index < -0.39 is 136 Å². The second-order valence-electron chi connectivity index (χ2n) is 10.4. The summed E-state index contributed by atoms with van der Waals surface area (Å²) in [7, 11) is 0. The van der Waals surface area contributed by atoms with Crippen LogP contribution in [0.1, 0.15) is 6.42 Å². The highest BCUT2D eigenvalue weighted by Gasteiger charge is 2.60. The Balaban J connectivity index is 1.93. The predicted octanol–water partition coefficient (Wildman–Crippen LogP) is -7.49. The summed E-state index contributed by atoms with van der Waals surface area (Å²) in [5.41, 5.74) is 0. The standard InChI is InChI=1S/C23H39NO19/c24-6-38-5-7-8(28)1-23(22(36)37,42-17(7)12(30)9(29)2-25)43-19-13(31)10(3-26)40-21(16(19)34)41-18-11(4-27)39-20(35)15(33)14(18)32/h6-21,24-35H,1-5H2,(H,36,37). The van der Waals surface area contributed by atoms with Gasteiger partial charge in [-0.05, 0) is 0 Å². The molecule has 0 aromatic rings. The molecule has 3 aliphatic heterocycles. The Labute approximate surface area is 243 Å². The second kappa shape index (κ2) is 15.1. The minimum absolute atomic E-state index is 0.493. The van der Waals surface area contributed by atoms with Crippen LogP contribution in [0.15, 0.2) is 0 Å². The van der Waals surface area contributed by atoms with Gasteiger partial charge in [-0.2, -0.15) is 0 Å². The quantitative estimate of drug-likeness (QED) is 0.0661. The molecule has 16 atom stereocenters. The molecule has 0 aliphatic carbocycles. The number of carbonyl (C=O) groups is 1. The smallest absolute Gasteiger partial charge is 0.364 e. The van der Waals surface area contributed by atoms with Gasteiger partial charge < -0.3 is 89.7 Å². The van der Waals surface area contributed by atoms with Gasteiger partial charge in [0.2, 0.25) is 0 Å². The van der Waals surface area contributed by atoms with Crippen molar-refractivity contribution < 1.29 is 94.5 Å². The first-order valence-corrected chi connectivity index (χ1v) is 13.2. The van der Waals surface area contributed by atoms with Gasteiger partial charge in [0.1, 0.15) is 61.0 Å². The molecule has 20 heteroatoms. The Morgan fingerprint density at radius 3 is 2.14 bits per heavy atom. The Kier molecular flexibility index (Phi) is 12.5. The van der Waals surface area contributed by atoms with Gasteiger partial charge in [-0.15, -0.1) is 0 Å². The summed E-state index contributed by atoms with van der Waals surface area (Å²) in [6.45, 7) is -3.34. The maximum absolute atomic E-state index is 12.6. The first-order chi connectivity index (χ1) is 20.3. The van der Waals surface area contributed by atoms with Crippen LogP contribution in [0, 0.1) is 11.3 Å². The van der Waals surface area contributed by atoms with E-state index in [1.807, 2.05) is 0 Å². The number of aliphatic hydroxyl groups excluding tert-OH is 11. The van der Waals surface area contributed by atoms with Crippen molar-refractivity contribution in [2.75, 3.05) is 26.4 Å². The lowest BCUT2D eigenvalue weighted by atomic mass is 9.83. The lowest BCUT2D eigenvalue weighted by Crippen LogP contribution is -2.68. The average molecular weight is 634 g/mol. The van der Waals surface area contributed by atoms with E-state index >= 15 is 0 Å². The fraction of sp³-hybridized carbons (Fsp3) is 0.913. The highest BCUT2D eigenvalue weighted by molar-refractivity contribution is 5.76. The minimum atomic E-state index is -2.97. The van der Waals surface area contributed by atoms with Crippen molar-refractivity contribution in [3.8, 4) is 0 Å². The Morgan fingerprint density at radius 2 is 1.58 bits per heavy atom. The van der Waals surface area contributed by atoms with Crippen LogP contribution in [0.4, 0.5) is 0 Å². The van der Waals surface area contributed by atoms with Gasteiger partial charge in [0, 0.05) is 12.3 Å². The number of carboxylic acids is 1. The molecule has 0 saturated carbocycles. The van der Waals surface area contributed by atoms with E-state index in [-0.39, 0.29) is 0 Å². The summed E-state index contributed by atoms with van der Waals surface area (Å²) in [4.78, 5) is 12.6. The first-order valence-electron chi connectivity index (χ1n) is 13.2. The SMILES string of the molecule is N=COCC1C(O)CC(OC2C(O)C(CO)OC(OC3C(CO)OC(O)C(O)C3O)C2O)(C(=O)O)OC1C(O)C(O)CO. The molecule has 3 heterocycles. The summed E-state index contributed by atoms with van der Waals surface area (Å²) >= 11 is 0. The number of ether oxygens (including phenoxy) is 6. The topological polar surface area (TPSA) is 339 Å². The maximum Gasteiger partial charge on any atom is 0.364 e. The molecule has 0 spiro atoms. The molecule has 20 nitrogen and oxygen atoms in total.